The van der Waals surface area contributed by atoms with Gasteiger partial charge in [0, 0.05) is 17.1 Å². The molecular formula is C17H15NO2. The van der Waals surface area contributed by atoms with Crippen LogP contribution in [0.3, 0.4) is 0 Å². The number of para-hydroxylation sites is 2. The fourth-order valence-corrected chi connectivity index (χ4v) is 2.20. The molecule has 1 aromatic heterocycles. The number of ether oxygens (including phenoxy) is 1. The molecule has 0 fully saturated rings. The van der Waals surface area contributed by atoms with Crippen LogP contribution in [0.5, 0.6) is 11.5 Å². The highest BCUT2D eigenvalue weighted by Gasteiger charge is 2.11. The highest BCUT2D eigenvalue weighted by molar-refractivity contribution is 5.84. The Bertz CT molecular complexity index is 732. The predicted molar refractivity (Wildman–Crippen MR) is 78.9 cm³/mol. The minimum Gasteiger partial charge on any atom is -0.455 e. The largest absolute Gasteiger partial charge is 0.455 e. The first-order valence-electron chi connectivity index (χ1n) is 6.54. The second kappa shape index (κ2) is 5.31. The molecule has 0 bridgehead atoms. The average molecular weight is 265 g/mol. The zero-order valence-corrected chi connectivity index (χ0v) is 11.2. The molecular weight excluding hydrogens is 250 g/mol. The lowest BCUT2D eigenvalue weighted by Gasteiger charge is -2.13. The van der Waals surface area contributed by atoms with Crippen LogP contribution >= 0.6 is 0 Å². The van der Waals surface area contributed by atoms with Gasteiger partial charge in [0.05, 0.1) is 6.10 Å². The number of fused-ring (bicyclic) bond motifs is 1. The molecule has 0 aliphatic rings. The van der Waals surface area contributed by atoms with E-state index < -0.39 is 6.10 Å². The lowest BCUT2D eigenvalue weighted by Crippen LogP contribution is -1.96. The van der Waals surface area contributed by atoms with E-state index in [4.69, 9.17) is 4.74 Å². The van der Waals surface area contributed by atoms with Crippen molar-refractivity contribution in [2.24, 2.45) is 0 Å². The standard InChI is InChI=1S/C17H15NO2/c1-12(19)14-8-2-3-9-15(14)20-16-10-4-6-13-7-5-11-18-17(13)16/h2-12,19H,1H3. The predicted octanol–water partition coefficient (Wildman–Crippen LogP) is 4.08. The van der Waals surface area contributed by atoms with Crippen LogP contribution < -0.4 is 4.74 Å². The molecule has 3 heteroatoms. The van der Waals surface area contributed by atoms with Gasteiger partial charge in [-0.25, -0.2) is 0 Å². The lowest BCUT2D eigenvalue weighted by molar-refractivity contribution is 0.195. The smallest absolute Gasteiger partial charge is 0.153 e. The number of aromatic nitrogens is 1. The van der Waals surface area contributed by atoms with Crippen molar-refractivity contribution >= 4 is 10.9 Å². The number of hydrogen-bond acceptors (Lipinski definition) is 3. The Kier molecular flexibility index (Phi) is 3.35. The Morgan fingerprint density at radius 1 is 0.950 bits per heavy atom. The second-order valence-electron chi connectivity index (χ2n) is 4.65. The van der Waals surface area contributed by atoms with E-state index >= 15 is 0 Å². The summed E-state index contributed by atoms with van der Waals surface area (Å²) in [5, 5.41) is 10.8. The highest BCUT2D eigenvalue weighted by Crippen LogP contribution is 2.32. The van der Waals surface area contributed by atoms with E-state index in [2.05, 4.69) is 4.98 Å². The maximum absolute atomic E-state index is 9.80. The summed E-state index contributed by atoms with van der Waals surface area (Å²) >= 11 is 0. The average Bonchev–Trinajstić information content (AvgIpc) is 2.48. The summed E-state index contributed by atoms with van der Waals surface area (Å²) < 4.78 is 5.96. The number of rotatable bonds is 3. The van der Waals surface area contributed by atoms with Crippen molar-refractivity contribution in [2.75, 3.05) is 0 Å². The minimum absolute atomic E-state index is 0.575. The summed E-state index contributed by atoms with van der Waals surface area (Å²) in [6.07, 6.45) is 1.17. The molecule has 3 nitrogen and oxygen atoms in total. The molecule has 0 radical (unpaired) electrons. The molecule has 0 amide bonds. The monoisotopic (exact) mass is 265 g/mol. The number of benzene rings is 2. The zero-order valence-electron chi connectivity index (χ0n) is 11.2. The van der Waals surface area contributed by atoms with Crippen molar-refractivity contribution < 1.29 is 9.84 Å². The molecule has 3 rings (SSSR count). The van der Waals surface area contributed by atoms with Gasteiger partial charge in [0.25, 0.3) is 0 Å². The van der Waals surface area contributed by atoms with E-state index in [1.165, 1.54) is 0 Å². The van der Waals surface area contributed by atoms with Crippen molar-refractivity contribution in [3.63, 3.8) is 0 Å². The van der Waals surface area contributed by atoms with Crippen LogP contribution in [0, 0.1) is 0 Å². The Morgan fingerprint density at radius 3 is 2.55 bits per heavy atom. The quantitative estimate of drug-likeness (QED) is 0.775. The number of aliphatic hydroxyl groups is 1. The third kappa shape index (κ3) is 2.36. The molecule has 20 heavy (non-hydrogen) atoms. The van der Waals surface area contributed by atoms with E-state index in [0.717, 1.165) is 16.5 Å². The van der Waals surface area contributed by atoms with Gasteiger partial charge in [0.15, 0.2) is 5.75 Å². The van der Waals surface area contributed by atoms with Gasteiger partial charge in [-0.15, -0.1) is 0 Å². The fourth-order valence-electron chi connectivity index (χ4n) is 2.20. The minimum atomic E-state index is -0.575. The molecule has 100 valence electrons. The van der Waals surface area contributed by atoms with Crippen LogP contribution in [0.25, 0.3) is 10.9 Å². The molecule has 1 atom stereocenters. The highest BCUT2D eigenvalue weighted by atomic mass is 16.5. The Balaban J connectivity index is 2.06. The maximum Gasteiger partial charge on any atom is 0.153 e. The molecule has 2 aromatic carbocycles. The van der Waals surface area contributed by atoms with E-state index in [9.17, 15) is 5.11 Å². The summed E-state index contributed by atoms with van der Waals surface area (Å²) in [6.45, 7) is 1.73. The fraction of sp³-hybridized carbons (Fsp3) is 0.118. The first-order valence-corrected chi connectivity index (χ1v) is 6.54. The van der Waals surface area contributed by atoms with Crippen LogP contribution in [0.15, 0.2) is 60.8 Å². The van der Waals surface area contributed by atoms with Gasteiger partial charge in [-0.05, 0) is 25.1 Å². The van der Waals surface area contributed by atoms with Crippen molar-refractivity contribution in [3.8, 4) is 11.5 Å². The molecule has 0 aliphatic heterocycles. The van der Waals surface area contributed by atoms with Crippen molar-refractivity contribution in [3.05, 3.63) is 66.4 Å². The topological polar surface area (TPSA) is 42.4 Å². The number of pyridine rings is 1. The summed E-state index contributed by atoms with van der Waals surface area (Å²) in [7, 11) is 0. The molecule has 0 saturated carbocycles. The third-order valence-electron chi connectivity index (χ3n) is 3.18. The molecule has 0 aliphatic carbocycles. The first-order chi connectivity index (χ1) is 9.75. The zero-order chi connectivity index (χ0) is 13.9. The van der Waals surface area contributed by atoms with Gasteiger partial charge in [-0.3, -0.25) is 4.98 Å². The summed E-state index contributed by atoms with van der Waals surface area (Å²) in [4.78, 5) is 4.36. The molecule has 1 unspecified atom stereocenters. The van der Waals surface area contributed by atoms with E-state index in [1.54, 1.807) is 13.1 Å². The van der Waals surface area contributed by atoms with Crippen molar-refractivity contribution in [1.82, 2.24) is 4.98 Å². The van der Waals surface area contributed by atoms with Gasteiger partial charge in [0.1, 0.15) is 11.3 Å². The van der Waals surface area contributed by atoms with Gasteiger partial charge >= 0.3 is 0 Å². The number of nitrogens with zero attached hydrogens (tertiary/aromatic N) is 1. The van der Waals surface area contributed by atoms with Gasteiger partial charge < -0.3 is 9.84 Å². The Hall–Kier alpha value is -2.39. The molecule has 3 aromatic rings. The third-order valence-corrected chi connectivity index (χ3v) is 3.18. The van der Waals surface area contributed by atoms with E-state index in [1.807, 2.05) is 54.6 Å². The van der Waals surface area contributed by atoms with E-state index in [-0.39, 0.29) is 0 Å². The SMILES string of the molecule is CC(O)c1ccccc1Oc1cccc2cccnc12. The van der Waals surface area contributed by atoms with Crippen LogP contribution in [0.1, 0.15) is 18.6 Å². The first kappa shape index (κ1) is 12.6. The summed E-state index contributed by atoms with van der Waals surface area (Å²) in [5.74, 6) is 1.34. The Labute approximate surface area is 117 Å². The van der Waals surface area contributed by atoms with Crippen LogP contribution in [-0.4, -0.2) is 10.1 Å². The molecule has 1 N–H and O–H groups in total. The molecule has 0 spiro atoms. The van der Waals surface area contributed by atoms with Gasteiger partial charge in [-0.2, -0.15) is 0 Å². The second-order valence-corrected chi connectivity index (χ2v) is 4.65. The number of aliphatic hydroxyl groups excluding tert-OH is 1. The van der Waals surface area contributed by atoms with Crippen molar-refractivity contribution in [1.29, 1.82) is 0 Å². The van der Waals surface area contributed by atoms with Crippen LogP contribution in [0.2, 0.25) is 0 Å². The summed E-state index contributed by atoms with van der Waals surface area (Å²) in [5.41, 5.74) is 1.58. The molecule has 0 saturated heterocycles. The lowest BCUT2D eigenvalue weighted by atomic mass is 10.1. The summed E-state index contributed by atoms with van der Waals surface area (Å²) in [6, 6.07) is 17.2. The van der Waals surface area contributed by atoms with E-state index in [0.29, 0.717) is 11.5 Å². The van der Waals surface area contributed by atoms with Gasteiger partial charge in [-0.1, -0.05) is 36.4 Å². The van der Waals surface area contributed by atoms with Gasteiger partial charge in [0.2, 0.25) is 0 Å². The Morgan fingerprint density at radius 2 is 1.70 bits per heavy atom. The molecule has 1 heterocycles. The maximum atomic E-state index is 9.80. The van der Waals surface area contributed by atoms with Crippen molar-refractivity contribution in [2.45, 2.75) is 13.0 Å². The van der Waals surface area contributed by atoms with Crippen LogP contribution in [-0.2, 0) is 0 Å². The number of hydrogen-bond donors (Lipinski definition) is 1. The normalized spacial score (nSPS) is 12.3. The van der Waals surface area contributed by atoms with Crippen LogP contribution in [0.4, 0.5) is 0 Å².